The van der Waals surface area contributed by atoms with Gasteiger partial charge in [-0.3, -0.25) is 4.90 Å². The van der Waals surface area contributed by atoms with Gasteiger partial charge in [0.05, 0.1) is 6.04 Å². The fourth-order valence-corrected chi connectivity index (χ4v) is 3.99. The van der Waals surface area contributed by atoms with Gasteiger partial charge in [0.15, 0.2) is 0 Å². The van der Waals surface area contributed by atoms with Crippen molar-refractivity contribution >= 4 is 10.9 Å². The molecule has 1 aromatic carbocycles. The lowest BCUT2D eigenvalue weighted by Gasteiger charge is -2.43. The van der Waals surface area contributed by atoms with E-state index in [0.717, 1.165) is 5.92 Å². The van der Waals surface area contributed by atoms with Crippen LogP contribution in [-0.2, 0) is 6.42 Å². The normalized spacial score (nSPS) is 28.1. The number of nitrogens with zero attached hydrogens (tertiary/aromatic N) is 1. The van der Waals surface area contributed by atoms with Gasteiger partial charge in [-0.05, 0) is 43.4 Å². The Bertz CT molecular complexity index is 584. The SMILES string of the molecule is CC1CCCN2CCc3c([nH]c4ccccc34)[C@H]12. The first kappa shape index (κ1) is 10.6. The third-order valence-electron chi connectivity index (χ3n) is 4.83. The third-order valence-corrected chi connectivity index (χ3v) is 4.83. The molecule has 4 rings (SSSR count). The van der Waals surface area contributed by atoms with Gasteiger partial charge in [0.1, 0.15) is 0 Å². The molecule has 1 saturated heterocycles. The molecule has 0 amide bonds. The van der Waals surface area contributed by atoms with Crippen molar-refractivity contribution in [1.82, 2.24) is 9.88 Å². The summed E-state index contributed by atoms with van der Waals surface area (Å²) >= 11 is 0. The van der Waals surface area contributed by atoms with Crippen LogP contribution in [-0.4, -0.2) is 23.0 Å². The summed E-state index contributed by atoms with van der Waals surface area (Å²) in [5.41, 5.74) is 4.41. The van der Waals surface area contributed by atoms with E-state index in [9.17, 15) is 0 Å². The van der Waals surface area contributed by atoms with Crippen molar-refractivity contribution in [3.05, 3.63) is 35.5 Å². The van der Waals surface area contributed by atoms with Gasteiger partial charge in [-0.25, -0.2) is 0 Å². The van der Waals surface area contributed by atoms with E-state index >= 15 is 0 Å². The number of hydrogen-bond donors (Lipinski definition) is 1. The maximum absolute atomic E-state index is 3.70. The van der Waals surface area contributed by atoms with Crippen LogP contribution in [0.3, 0.4) is 0 Å². The highest BCUT2D eigenvalue weighted by Crippen LogP contribution is 2.42. The van der Waals surface area contributed by atoms with Gasteiger partial charge in [0.2, 0.25) is 0 Å². The highest BCUT2D eigenvalue weighted by Gasteiger charge is 2.35. The largest absolute Gasteiger partial charge is 0.357 e. The summed E-state index contributed by atoms with van der Waals surface area (Å²) in [6.45, 7) is 4.94. The number of piperidine rings is 1. The lowest BCUT2D eigenvalue weighted by Crippen LogP contribution is -2.42. The molecule has 2 aliphatic rings. The molecular weight excluding hydrogens is 220 g/mol. The van der Waals surface area contributed by atoms with E-state index in [1.165, 1.54) is 48.9 Å². The molecule has 1 N–H and O–H groups in total. The summed E-state index contributed by atoms with van der Waals surface area (Å²) in [7, 11) is 0. The van der Waals surface area contributed by atoms with Crippen molar-refractivity contribution in [3.63, 3.8) is 0 Å². The van der Waals surface area contributed by atoms with E-state index in [1.54, 1.807) is 5.56 Å². The second-order valence-electron chi connectivity index (χ2n) is 5.91. The maximum Gasteiger partial charge on any atom is 0.0527 e. The van der Waals surface area contributed by atoms with Crippen LogP contribution < -0.4 is 0 Å². The summed E-state index contributed by atoms with van der Waals surface area (Å²) in [5.74, 6) is 0.783. The van der Waals surface area contributed by atoms with E-state index in [1.807, 2.05) is 0 Å². The molecule has 2 atom stereocenters. The van der Waals surface area contributed by atoms with Crippen molar-refractivity contribution in [1.29, 1.82) is 0 Å². The quantitative estimate of drug-likeness (QED) is 0.746. The summed E-state index contributed by atoms with van der Waals surface area (Å²) in [6.07, 6.45) is 3.95. The number of hydrogen-bond acceptors (Lipinski definition) is 1. The van der Waals surface area contributed by atoms with Crippen LogP contribution in [0.5, 0.6) is 0 Å². The lowest BCUT2D eigenvalue weighted by atomic mass is 9.84. The predicted octanol–water partition coefficient (Wildman–Crippen LogP) is 3.50. The topological polar surface area (TPSA) is 19.0 Å². The summed E-state index contributed by atoms with van der Waals surface area (Å²) in [5, 5.41) is 1.45. The van der Waals surface area contributed by atoms with Crippen molar-refractivity contribution in [2.45, 2.75) is 32.2 Å². The summed E-state index contributed by atoms with van der Waals surface area (Å²) in [4.78, 5) is 6.39. The van der Waals surface area contributed by atoms with Crippen molar-refractivity contribution < 1.29 is 0 Å². The number of nitrogens with one attached hydrogen (secondary N) is 1. The molecule has 2 nitrogen and oxygen atoms in total. The number of aromatic amines is 1. The van der Waals surface area contributed by atoms with E-state index in [2.05, 4.69) is 41.1 Å². The second-order valence-corrected chi connectivity index (χ2v) is 5.91. The molecule has 1 unspecified atom stereocenters. The standard InChI is InChI=1S/C16H20N2/c1-11-5-4-9-18-10-8-13-12-6-2-3-7-14(12)17-15(13)16(11)18/h2-3,6-7,11,16-17H,4-5,8-10H2,1H3/t11?,16-/m0/s1. The van der Waals surface area contributed by atoms with Gasteiger partial charge in [0, 0.05) is 23.1 Å². The predicted molar refractivity (Wildman–Crippen MR) is 74.7 cm³/mol. The van der Waals surface area contributed by atoms with Crippen LogP contribution >= 0.6 is 0 Å². The molecule has 1 aromatic heterocycles. The number of fused-ring (bicyclic) bond motifs is 5. The van der Waals surface area contributed by atoms with E-state index in [4.69, 9.17) is 0 Å². The second kappa shape index (κ2) is 3.86. The Kier molecular flexibility index (Phi) is 2.28. The molecular formula is C16H20N2. The number of H-pyrrole nitrogens is 1. The van der Waals surface area contributed by atoms with Crippen LogP contribution in [0.2, 0.25) is 0 Å². The van der Waals surface area contributed by atoms with Crippen LogP contribution in [0.4, 0.5) is 0 Å². The number of rotatable bonds is 0. The van der Waals surface area contributed by atoms with E-state index < -0.39 is 0 Å². The minimum atomic E-state index is 0.634. The first-order valence-electron chi connectivity index (χ1n) is 7.18. The van der Waals surface area contributed by atoms with Crippen molar-refractivity contribution in [3.8, 4) is 0 Å². The lowest BCUT2D eigenvalue weighted by molar-refractivity contribution is 0.0896. The van der Waals surface area contributed by atoms with Gasteiger partial charge >= 0.3 is 0 Å². The Morgan fingerprint density at radius 2 is 2.11 bits per heavy atom. The molecule has 18 heavy (non-hydrogen) atoms. The average Bonchev–Trinajstić information content (AvgIpc) is 2.77. The molecule has 94 valence electrons. The molecule has 0 aliphatic carbocycles. The van der Waals surface area contributed by atoms with Crippen LogP contribution in [0.15, 0.2) is 24.3 Å². The first-order valence-corrected chi connectivity index (χ1v) is 7.18. The number of benzene rings is 1. The zero-order valence-corrected chi connectivity index (χ0v) is 10.9. The van der Waals surface area contributed by atoms with Crippen LogP contribution in [0, 0.1) is 5.92 Å². The van der Waals surface area contributed by atoms with Crippen molar-refractivity contribution in [2.24, 2.45) is 5.92 Å². The van der Waals surface area contributed by atoms with Crippen LogP contribution in [0.1, 0.15) is 37.1 Å². The van der Waals surface area contributed by atoms with Gasteiger partial charge < -0.3 is 4.98 Å². The van der Waals surface area contributed by atoms with Crippen LogP contribution in [0.25, 0.3) is 10.9 Å². The number of para-hydroxylation sites is 1. The molecule has 2 aromatic rings. The van der Waals surface area contributed by atoms with Gasteiger partial charge in [-0.2, -0.15) is 0 Å². The molecule has 0 spiro atoms. The highest BCUT2D eigenvalue weighted by atomic mass is 15.2. The summed E-state index contributed by atoms with van der Waals surface area (Å²) < 4.78 is 0. The van der Waals surface area contributed by atoms with Gasteiger partial charge in [-0.1, -0.05) is 25.1 Å². The Balaban J connectivity index is 1.90. The first-order chi connectivity index (χ1) is 8.84. The summed E-state index contributed by atoms with van der Waals surface area (Å²) in [6, 6.07) is 9.41. The van der Waals surface area contributed by atoms with E-state index in [0.29, 0.717) is 6.04 Å². The molecule has 1 fully saturated rings. The Morgan fingerprint density at radius 1 is 1.22 bits per heavy atom. The number of aromatic nitrogens is 1. The molecule has 0 radical (unpaired) electrons. The molecule has 2 heteroatoms. The van der Waals surface area contributed by atoms with Gasteiger partial charge in [-0.15, -0.1) is 0 Å². The van der Waals surface area contributed by atoms with Gasteiger partial charge in [0.25, 0.3) is 0 Å². The molecule has 2 aliphatic heterocycles. The molecule has 0 bridgehead atoms. The maximum atomic E-state index is 3.70. The molecule has 0 saturated carbocycles. The Hall–Kier alpha value is -1.28. The zero-order valence-electron chi connectivity index (χ0n) is 10.9. The fourth-order valence-electron chi connectivity index (χ4n) is 3.99. The smallest absolute Gasteiger partial charge is 0.0527 e. The Labute approximate surface area is 108 Å². The fraction of sp³-hybridized carbons (Fsp3) is 0.500. The minimum absolute atomic E-state index is 0.634. The minimum Gasteiger partial charge on any atom is -0.357 e. The van der Waals surface area contributed by atoms with Crippen molar-refractivity contribution in [2.75, 3.05) is 13.1 Å². The zero-order chi connectivity index (χ0) is 12.1. The third kappa shape index (κ3) is 1.39. The Morgan fingerprint density at radius 3 is 3.06 bits per heavy atom. The van der Waals surface area contributed by atoms with E-state index in [-0.39, 0.29) is 0 Å². The highest BCUT2D eigenvalue weighted by molar-refractivity contribution is 5.85. The average molecular weight is 240 g/mol. The monoisotopic (exact) mass is 240 g/mol. The molecule has 3 heterocycles.